The summed E-state index contributed by atoms with van der Waals surface area (Å²) >= 11 is 1.30. The summed E-state index contributed by atoms with van der Waals surface area (Å²) < 4.78 is 0. The Balaban J connectivity index is 1.98. The van der Waals surface area contributed by atoms with Crippen LogP contribution in [0.5, 0.6) is 0 Å². The number of primary amides is 1. The van der Waals surface area contributed by atoms with E-state index in [0.717, 1.165) is 40.0 Å². The number of aliphatic carboxylic acids is 1. The van der Waals surface area contributed by atoms with Crippen molar-refractivity contribution in [1.82, 2.24) is 0 Å². The van der Waals surface area contributed by atoms with Gasteiger partial charge in [0.2, 0.25) is 5.91 Å². The van der Waals surface area contributed by atoms with Gasteiger partial charge in [-0.15, -0.1) is 11.3 Å². The van der Waals surface area contributed by atoms with Crippen molar-refractivity contribution < 1.29 is 19.5 Å². The first-order valence-corrected chi connectivity index (χ1v) is 10.6. The molecule has 1 heterocycles. The van der Waals surface area contributed by atoms with Crippen LogP contribution in [0.2, 0.25) is 0 Å². The number of carbonyl (C=O) groups excluding carboxylic acids is 2. The third-order valence-corrected chi connectivity index (χ3v) is 6.80. The minimum absolute atomic E-state index is 0.284. The molecule has 3 rings (SSSR count). The second kappa shape index (κ2) is 8.37. The van der Waals surface area contributed by atoms with E-state index in [0.29, 0.717) is 17.8 Å². The van der Waals surface area contributed by atoms with Gasteiger partial charge in [-0.2, -0.15) is 0 Å². The fourth-order valence-electron chi connectivity index (χ4n) is 4.06. The zero-order valence-electron chi connectivity index (χ0n) is 16.9. The number of carboxylic acid groups (broad SMARTS) is 1. The molecule has 1 aromatic carbocycles. The number of anilines is 1. The molecule has 1 aliphatic carbocycles. The third-order valence-electron chi connectivity index (χ3n) is 5.78. The van der Waals surface area contributed by atoms with Crippen molar-refractivity contribution in [2.24, 2.45) is 17.6 Å². The van der Waals surface area contributed by atoms with Crippen LogP contribution in [-0.4, -0.2) is 22.9 Å². The van der Waals surface area contributed by atoms with Gasteiger partial charge in [0, 0.05) is 10.4 Å². The molecule has 154 valence electrons. The van der Waals surface area contributed by atoms with Crippen molar-refractivity contribution >= 4 is 34.1 Å². The number of hydrogen-bond donors (Lipinski definition) is 3. The number of rotatable bonds is 5. The molecule has 0 saturated heterocycles. The molecule has 0 aliphatic heterocycles. The highest BCUT2D eigenvalue weighted by Gasteiger charge is 2.36. The van der Waals surface area contributed by atoms with E-state index in [1.54, 1.807) is 0 Å². The predicted octanol–water partition coefficient (Wildman–Crippen LogP) is 4.27. The number of carbonyl (C=O) groups is 3. The molecule has 6 nitrogen and oxygen atoms in total. The van der Waals surface area contributed by atoms with Gasteiger partial charge in [-0.3, -0.25) is 14.4 Å². The van der Waals surface area contributed by atoms with Gasteiger partial charge in [-0.1, -0.05) is 31.0 Å². The lowest BCUT2D eigenvalue weighted by Crippen LogP contribution is -2.36. The Kier molecular flexibility index (Phi) is 6.07. The normalized spacial score (nSPS) is 19.0. The van der Waals surface area contributed by atoms with Crippen LogP contribution in [0.4, 0.5) is 5.00 Å². The van der Waals surface area contributed by atoms with Crippen LogP contribution in [0.15, 0.2) is 18.2 Å². The van der Waals surface area contributed by atoms with E-state index in [2.05, 4.69) is 5.32 Å². The Morgan fingerprint density at radius 1 is 1.07 bits per heavy atom. The van der Waals surface area contributed by atoms with Crippen LogP contribution < -0.4 is 11.1 Å². The molecular formula is C22H26N2O4S. The number of nitrogens with two attached hydrogens (primary N) is 1. The van der Waals surface area contributed by atoms with E-state index in [-0.39, 0.29) is 11.5 Å². The second-order valence-corrected chi connectivity index (χ2v) is 8.95. The van der Waals surface area contributed by atoms with Gasteiger partial charge in [0.15, 0.2) is 0 Å². The van der Waals surface area contributed by atoms with E-state index in [1.807, 2.05) is 39.0 Å². The van der Waals surface area contributed by atoms with E-state index in [4.69, 9.17) is 5.73 Å². The molecule has 2 atom stereocenters. The molecule has 7 heteroatoms. The van der Waals surface area contributed by atoms with Crippen LogP contribution in [-0.2, 0) is 9.59 Å². The van der Waals surface area contributed by atoms with Crippen LogP contribution in [0.25, 0.3) is 11.1 Å². The first-order valence-electron chi connectivity index (χ1n) is 9.75. The number of aryl methyl sites for hydroxylation is 3. The summed E-state index contributed by atoms with van der Waals surface area (Å²) in [6.45, 7) is 5.91. The van der Waals surface area contributed by atoms with Gasteiger partial charge >= 0.3 is 5.97 Å². The summed E-state index contributed by atoms with van der Waals surface area (Å²) in [4.78, 5) is 37.6. The average Bonchev–Trinajstić information content (AvgIpc) is 2.99. The monoisotopic (exact) mass is 414 g/mol. The maximum absolute atomic E-state index is 12.9. The van der Waals surface area contributed by atoms with Crippen LogP contribution in [0.3, 0.4) is 0 Å². The highest BCUT2D eigenvalue weighted by Crippen LogP contribution is 2.41. The van der Waals surface area contributed by atoms with Gasteiger partial charge in [-0.25, -0.2) is 0 Å². The minimum Gasteiger partial charge on any atom is -0.481 e. The Hall–Kier alpha value is -2.67. The maximum Gasteiger partial charge on any atom is 0.307 e. The number of nitrogens with one attached hydrogen (secondary N) is 1. The van der Waals surface area contributed by atoms with Crippen molar-refractivity contribution in [3.63, 3.8) is 0 Å². The summed E-state index contributed by atoms with van der Waals surface area (Å²) in [6, 6.07) is 5.94. The SMILES string of the molecule is Cc1ccc(-c2c(C)sc(NC(=O)[C@@H]3CCCC[C@@H]3C(=O)O)c2C(N)=O)cc1C. The van der Waals surface area contributed by atoms with E-state index >= 15 is 0 Å². The third kappa shape index (κ3) is 4.19. The molecular weight excluding hydrogens is 388 g/mol. The first kappa shape index (κ1) is 21.0. The van der Waals surface area contributed by atoms with Gasteiger partial charge in [0.1, 0.15) is 5.00 Å². The smallest absolute Gasteiger partial charge is 0.307 e. The van der Waals surface area contributed by atoms with Crippen molar-refractivity contribution in [3.05, 3.63) is 39.8 Å². The average molecular weight is 415 g/mol. The fourth-order valence-corrected chi connectivity index (χ4v) is 5.14. The quantitative estimate of drug-likeness (QED) is 0.679. The van der Waals surface area contributed by atoms with Gasteiger partial charge < -0.3 is 16.2 Å². The molecule has 1 fully saturated rings. The Bertz CT molecular complexity index is 979. The summed E-state index contributed by atoms with van der Waals surface area (Å²) in [7, 11) is 0. The number of benzene rings is 1. The van der Waals surface area contributed by atoms with E-state index < -0.39 is 23.7 Å². The van der Waals surface area contributed by atoms with Crippen LogP contribution in [0.1, 0.15) is 52.0 Å². The van der Waals surface area contributed by atoms with Gasteiger partial charge in [-0.05, 0) is 50.3 Å². The van der Waals surface area contributed by atoms with E-state index in [9.17, 15) is 19.5 Å². The molecule has 2 aromatic rings. The highest BCUT2D eigenvalue weighted by molar-refractivity contribution is 7.17. The number of thiophene rings is 1. The standard InChI is InChI=1S/C22H26N2O4S/c1-11-8-9-14(10-12(11)2)17-13(3)29-21(18(17)19(23)25)24-20(26)15-6-4-5-7-16(15)22(27)28/h8-10,15-16H,4-7H2,1-3H3,(H2,23,25)(H,24,26)(H,27,28)/t15-,16+/m1/s1. The van der Waals surface area contributed by atoms with Crippen molar-refractivity contribution in [2.45, 2.75) is 46.5 Å². The van der Waals surface area contributed by atoms with Crippen molar-refractivity contribution in [3.8, 4) is 11.1 Å². The molecule has 1 aromatic heterocycles. The lowest BCUT2D eigenvalue weighted by Gasteiger charge is -2.27. The number of carboxylic acids is 1. The highest BCUT2D eigenvalue weighted by atomic mass is 32.1. The summed E-state index contributed by atoms with van der Waals surface area (Å²) in [5, 5.41) is 12.7. The predicted molar refractivity (Wildman–Crippen MR) is 114 cm³/mol. The molecule has 29 heavy (non-hydrogen) atoms. The van der Waals surface area contributed by atoms with Crippen LogP contribution in [0, 0.1) is 32.6 Å². The van der Waals surface area contributed by atoms with Gasteiger partial charge in [0.25, 0.3) is 5.91 Å². The first-order chi connectivity index (χ1) is 13.7. The van der Waals surface area contributed by atoms with E-state index in [1.165, 1.54) is 11.3 Å². The molecule has 2 amide bonds. The zero-order valence-corrected chi connectivity index (χ0v) is 17.7. The summed E-state index contributed by atoms with van der Waals surface area (Å²) in [6.07, 6.45) is 2.65. The number of amides is 2. The topological polar surface area (TPSA) is 109 Å². The van der Waals surface area contributed by atoms with Crippen molar-refractivity contribution in [1.29, 1.82) is 0 Å². The zero-order chi connectivity index (χ0) is 21.3. The summed E-state index contributed by atoms with van der Waals surface area (Å²) in [5.74, 6) is -3.21. The second-order valence-electron chi connectivity index (χ2n) is 7.73. The lowest BCUT2D eigenvalue weighted by atomic mass is 9.78. The Morgan fingerprint density at radius 3 is 2.31 bits per heavy atom. The molecule has 0 spiro atoms. The Labute approximate surface area is 174 Å². The summed E-state index contributed by atoms with van der Waals surface area (Å²) in [5.41, 5.74) is 9.81. The minimum atomic E-state index is -0.946. The fraction of sp³-hybridized carbons (Fsp3) is 0.409. The van der Waals surface area contributed by atoms with Gasteiger partial charge in [0.05, 0.1) is 17.4 Å². The molecule has 1 saturated carbocycles. The molecule has 0 unspecified atom stereocenters. The van der Waals surface area contributed by atoms with Crippen LogP contribution >= 0.6 is 11.3 Å². The molecule has 1 aliphatic rings. The van der Waals surface area contributed by atoms with Crippen molar-refractivity contribution in [2.75, 3.05) is 5.32 Å². The number of hydrogen-bond acceptors (Lipinski definition) is 4. The molecule has 0 bridgehead atoms. The maximum atomic E-state index is 12.9. The largest absolute Gasteiger partial charge is 0.481 e. The molecule has 4 N–H and O–H groups in total. The Morgan fingerprint density at radius 2 is 1.72 bits per heavy atom. The lowest BCUT2D eigenvalue weighted by molar-refractivity contribution is -0.147. The molecule has 0 radical (unpaired) electrons.